The van der Waals surface area contributed by atoms with Crippen LogP contribution in [0.1, 0.15) is 32.3 Å². The highest BCUT2D eigenvalue weighted by Crippen LogP contribution is 2.44. The Balaban J connectivity index is 2.72. The number of allylic oxidation sites excluding steroid dienone is 1. The standard InChI is InChI=1S/C18H19Cl2NO4/c1-5-25-18(23)14-10(3)21-9(2)13(17(22)24-4)15(14)11-7-6-8-12(19)16(11)20/h6-8,14-15H,5H2,1-4H3. The minimum absolute atomic E-state index is 0.217. The smallest absolute Gasteiger partial charge is 0.336 e. The van der Waals surface area contributed by atoms with Crippen molar-refractivity contribution in [2.75, 3.05) is 13.7 Å². The van der Waals surface area contributed by atoms with Crippen LogP contribution in [0.4, 0.5) is 0 Å². The van der Waals surface area contributed by atoms with E-state index < -0.39 is 23.8 Å². The molecule has 0 spiro atoms. The first-order valence-corrected chi connectivity index (χ1v) is 8.53. The van der Waals surface area contributed by atoms with Crippen LogP contribution >= 0.6 is 23.2 Å². The maximum atomic E-state index is 12.6. The van der Waals surface area contributed by atoms with Gasteiger partial charge in [0.1, 0.15) is 5.92 Å². The Hall–Kier alpha value is -1.85. The van der Waals surface area contributed by atoms with Gasteiger partial charge in [0.15, 0.2) is 0 Å². The Kier molecular flexibility index (Phi) is 6.25. The van der Waals surface area contributed by atoms with Crippen molar-refractivity contribution in [1.29, 1.82) is 0 Å². The summed E-state index contributed by atoms with van der Waals surface area (Å²) in [6.07, 6.45) is 0. The highest BCUT2D eigenvalue weighted by atomic mass is 35.5. The van der Waals surface area contributed by atoms with Crippen molar-refractivity contribution >= 4 is 40.9 Å². The molecular weight excluding hydrogens is 365 g/mol. The van der Waals surface area contributed by atoms with Gasteiger partial charge in [-0.15, -0.1) is 0 Å². The van der Waals surface area contributed by atoms with Gasteiger partial charge in [-0.05, 0) is 32.4 Å². The molecule has 0 aliphatic carbocycles. The molecular formula is C18H19Cl2NO4. The molecule has 0 saturated heterocycles. The van der Waals surface area contributed by atoms with Crippen molar-refractivity contribution in [2.45, 2.75) is 26.7 Å². The summed E-state index contributed by atoms with van der Waals surface area (Å²) in [7, 11) is 1.28. The molecule has 0 N–H and O–H groups in total. The molecule has 134 valence electrons. The van der Waals surface area contributed by atoms with Crippen molar-refractivity contribution < 1.29 is 19.1 Å². The van der Waals surface area contributed by atoms with E-state index in [1.807, 2.05) is 0 Å². The molecule has 2 rings (SSSR count). The fraction of sp³-hybridized carbons (Fsp3) is 0.389. The largest absolute Gasteiger partial charge is 0.466 e. The van der Waals surface area contributed by atoms with Crippen LogP contribution in [0.2, 0.25) is 10.0 Å². The van der Waals surface area contributed by atoms with E-state index in [1.54, 1.807) is 39.0 Å². The number of benzene rings is 1. The molecule has 0 amide bonds. The van der Waals surface area contributed by atoms with E-state index in [-0.39, 0.29) is 17.2 Å². The molecule has 0 bridgehead atoms. The van der Waals surface area contributed by atoms with Gasteiger partial charge in [0.2, 0.25) is 0 Å². The topological polar surface area (TPSA) is 65.0 Å². The van der Waals surface area contributed by atoms with E-state index in [9.17, 15) is 9.59 Å². The van der Waals surface area contributed by atoms with Gasteiger partial charge in [-0.2, -0.15) is 0 Å². The average Bonchev–Trinajstić information content (AvgIpc) is 2.56. The molecule has 2 atom stereocenters. The summed E-state index contributed by atoms with van der Waals surface area (Å²) in [6, 6.07) is 5.10. The van der Waals surface area contributed by atoms with Gasteiger partial charge in [-0.25, -0.2) is 4.79 Å². The van der Waals surface area contributed by atoms with Crippen LogP contribution in [0.5, 0.6) is 0 Å². The summed E-state index contributed by atoms with van der Waals surface area (Å²) >= 11 is 12.5. The first kappa shape index (κ1) is 19.5. The zero-order valence-corrected chi connectivity index (χ0v) is 15.9. The average molecular weight is 384 g/mol. The summed E-state index contributed by atoms with van der Waals surface area (Å²) in [5.74, 6) is -2.51. The SMILES string of the molecule is CCOC(=O)C1C(C)=NC(C)=C(C(=O)OC)C1c1cccc(Cl)c1Cl. The maximum Gasteiger partial charge on any atom is 0.336 e. The summed E-state index contributed by atoms with van der Waals surface area (Å²) in [5.41, 5.74) is 1.85. The predicted octanol–water partition coefficient (Wildman–Crippen LogP) is 4.18. The number of ether oxygens (including phenoxy) is 2. The molecule has 0 fully saturated rings. The first-order valence-electron chi connectivity index (χ1n) is 7.78. The van der Waals surface area contributed by atoms with Crippen molar-refractivity contribution in [2.24, 2.45) is 10.9 Å². The number of hydrogen-bond donors (Lipinski definition) is 0. The van der Waals surface area contributed by atoms with Crippen LogP contribution < -0.4 is 0 Å². The van der Waals surface area contributed by atoms with Crippen molar-refractivity contribution in [3.8, 4) is 0 Å². The van der Waals surface area contributed by atoms with Gasteiger partial charge in [0.05, 0.1) is 29.3 Å². The Morgan fingerprint density at radius 1 is 1.24 bits per heavy atom. The molecule has 0 aromatic heterocycles. The third-order valence-corrected chi connectivity index (χ3v) is 4.92. The first-order chi connectivity index (χ1) is 11.8. The molecule has 1 aliphatic rings. The normalized spacial score (nSPS) is 20.2. The number of aliphatic imine (C=N–C) groups is 1. The Bertz CT molecular complexity index is 770. The third-order valence-electron chi connectivity index (χ3n) is 4.09. The molecule has 1 aromatic rings. The van der Waals surface area contributed by atoms with E-state index in [0.717, 1.165) is 0 Å². The summed E-state index contributed by atoms with van der Waals surface area (Å²) in [5, 5.41) is 0.621. The van der Waals surface area contributed by atoms with Gasteiger partial charge in [0.25, 0.3) is 0 Å². The van der Waals surface area contributed by atoms with Gasteiger partial charge >= 0.3 is 11.9 Å². The molecule has 0 saturated carbocycles. The lowest BCUT2D eigenvalue weighted by Gasteiger charge is -2.31. The molecule has 1 aromatic carbocycles. The minimum atomic E-state index is -0.784. The van der Waals surface area contributed by atoms with Gasteiger partial charge in [-0.3, -0.25) is 9.79 Å². The molecule has 0 radical (unpaired) electrons. The number of nitrogens with zero attached hydrogens (tertiary/aromatic N) is 1. The summed E-state index contributed by atoms with van der Waals surface area (Å²) in [6.45, 7) is 5.36. The number of halogens is 2. The predicted molar refractivity (Wildman–Crippen MR) is 97.2 cm³/mol. The molecule has 1 heterocycles. The second-order valence-corrected chi connectivity index (χ2v) is 6.38. The van der Waals surface area contributed by atoms with Crippen molar-refractivity contribution in [3.05, 3.63) is 45.1 Å². The highest BCUT2D eigenvalue weighted by Gasteiger charge is 2.43. The monoisotopic (exact) mass is 383 g/mol. The zero-order chi connectivity index (χ0) is 18.7. The van der Waals surface area contributed by atoms with E-state index in [2.05, 4.69) is 4.99 Å². The zero-order valence-electron chi connectivity index (χ0n) is 14.4. The number of carbonyl (C=O) groups excluding carboxylic acids is 2. The number of methoxy groups -OCH3 is 1. The maximum absolute atomic E-state index is 12.6. The van der Waals surface area contributed by atoms with Crippen LogP contribution in [0.3, 0.4) is 0 Å². The van der Waals surface area contributed by atoms with Crippen molar-refractivity contribution in [3.63, 3.8) is 0 Å². The number of esters is 2. The molecule has 1 aliphatic heterocycles. The third kappa shape index (κ3) is 3.72. The van der Waals surface area contributed by atoms with Gasteiger partial charge in [-0.1, -0.05) is 35.3 Å². The molecule has 5 nitrogen and oxygen atoms in total. The Morgan fingerprint density at radius 3 is 2.52 bits per heavy atom. The number of hydrogen-bond acceptors (Lipinski definition) is 5. The van der Waals surface area contributed by atoms with Crippen LogP contribution in [-0.2, 0) is 19.1 Å². The number of carbonyl (C=O) groups is 2. The van der Waals surface area contributed by atoms with Crippen LogP contribution in [0.15, 0.2) is 34.5 Å². The quantitative estimate of drug-likeness (QED) is 0.731. The van der Waals surface area contributed by atoms with Crippen LogP contribution in [0, 0.1) is 5.92 Å². The minimum Gasteiger partial charge on any atom is -0.466 e. The number of rotatable bonds is 4. The lowest BCUT2D eigenvalue weighted by molar-refractivity contribution is -0.146. The fourth-order valence-electron chi connectivity index (χ4n) is 3.05. The van der Waals surface area contributed by atoms with Gasteiger partial charge in [0, 0.05) is 17.3 Å². The van der Waals surface area contributed by atoms with E-state index >= 15 is 0 Å². The molecule has 2 unspecified atom stereocenters. The second kappa shape index (κ2) is 8.02. The fourth-order valence-corrected chi connectivity index (χ4v) is 3.47. The van der Waals surface area contributed by atoms with Crippen LogP contribution in [0.25, 0.3) is 0 Å². The lowest BCUT2D eigenvalue weighted by atomic mass is 9.75. The lowest BCUT2D eigenvalue weighted by Crippen LogP contribution is -2.36. The van der Waals surface area contributed by atoms with Gasteiger partial charge < -0.3 is 9.47 Å². The molecule has 25 heavy (non-hydrogen) atoms. The summed E-state index contributed by atoms with van der Waals surface area (Å²) < 4.78 is 10.1. The Labute approximate surface area is 156 Å². The van der Waals surface area contributed by atoms with Crippen molar-refractivity contribution in [1.82, 2.24) is 0 Å². The van der Waals surface area contributed by atoms with E-state index in [1.165, 1.54) is 7.11 Å². The second-order valence-electron chi connectivity index (χ2n) is 5.59. The summed E-state index contributed by atoms with van der Waals surface area (Å²) in [4.78, 5) is 29.4. The van der Waals surface area contributed by atoms with E-state index in [0.29, 0.717) is 22.0 Å². The Morgan fingerprint density at radius 2 is 1.92 bits per heavy atom. The molecule has 7 heteroatoms. The highest BCUT2D eigenvalue weighted by molar-refractivity contribution is 6.42. The van der Waals surface area contributed by atoms with Crippen LogP contribution in [-0.4, -0.2) is 31.4 Å². The van der Waals surface area contributed by atoms with E-state index in [4.69, 9.17) is 32.7 Å².